The van der Waals surface area contributed by atoms with Crippen molar-refractivity contribution >= 4 is 5.69 Å². The molecule has 0 fully saturated rings. The molecule has 0 aliphatic carbocycles. The number of hydrogen-bond acceptors (Lipinski definition) is 4. The number of benzene rings is 1. The van der Waals surface area contributed by atoms with Crippen molar-refractivity contribution in [3.63, 3.8) is 0 Å². The number of rotatable bonds is 4. The van der Waals surface area contributed by atoms with Crippen LogP contribution in [0.5, 0.6) is 11.5 Å². The molecule has 0 spiro atoms. The maximum atomic E-state index is 5.91. The van der Waals surface area contributed by atoms with E-state index in [4.69, 9.17) is 15.2 Å². The number of nitrogens with zero attached hydrogens (tertiary/aromatic N) is 1. The van der Waals surface area contributed by atoms with Crippen molar-refractivity contribution in [3.05, 3.63) is 36.5 Å². The van der Waals surface area contributed by atoms with Gasteiger partial charge in [0.1, 0.15) is 0 Å². The zero-order chi connectivity index (χ0) is 13.0. The van der Waals surface area contributed by atoms with E-state index in [2.05, 4.69) is 4.98 Å². The molecule has 18 heavy (non-hydrogen) atoms. The van der Waals surface area contributed by atoms with Crippen molar-refractivity contribution < 1.29 is 9.47 Å². The van der Waals surface area contributed by atoms with Crippen LogP contribution in [0, 0.1) is 0 Å². The number of hydrogen-bond donors (Lipinski definition) is 1. The molecule has 94 valence electrons. The number of ether oxygens (including phenoxy) is 2. The second kappa shape index (κ2) is 5.40. The molecule has 4 nitrogen and oxygen atoms in total. The van der Waals surface area contributed by atoms with Gasteiger partial charge in [-0.2, -0.15) is 0 Å². The molecule has 2 N–H and O–H groups in total. The molecular formula is C14H16N2O2. The Morgan fingerprint density at radius 1 is 1.22 bits per heavy atom. The van der Waals surface area contributed by atoms with E-state index in [0.29, 0.717) is 18.0 Å². The van der Waals surface area contributed by atoms with Gasteiger partial charge in [0.25, 0.3) is 0 Å². The Kier molecular flexibility index (Phi) is 3.67. The van der Waals surface area contributed by atoms with Crippen LogP contribution in [0.15, 0.2) is 36.5 Å². The van der Waals surface area contributed by atoms with Gasteiger partial charge in [-0.25, -0.2) is 0 Å². The van der Waals surface area contributed by atoms with Crippen molar-refractivity contribution in [2.75, 3.05) is 19.5 Å². The molecule has 2 aromatic rings. The molecule has 0 saturated heterocycles. The highest BCUT2D eigenvalue weighted by Gasteiger charge is 2.09. The molecule has 1 aromatic carbocycles. The quantitative estimate of drug-likeness (QED) is 0.898. The lowest BCUT2D eigenvalue weighted by atomic mass is 10.1. The molecule has 1 heterocycles. The van der Waals surface area contributed by atoms with E-state index < -0.39 is 0 Å². The number of methoxy groups -OCH3 is 1. The minimum atomic E-state index is 0.599. The average Bonchev–Trinajstić information content (AvgIpc) is 2.40. The first-order valence-electron chi connectivity index (χ1n) is 5.78. The summed E-state index contributed by atoms with van der Waals surface area (Å²) in [7, 11) is 1.61. The second-order valence-corrected chi connectivity index (χ2v) is 3.74. The maximum absolute atomic E-state index is 5.91. The van der Waals surface area contributed by atoms with Gasteiger partial charge in [-0.15, -0.1) is 0 Å². The Morgan fingerprint density at radius 3 is 2.72 bits per heavy atom. The summed E-state index contributed by atoms with van der Waals surface area (Å²) in [5.74, 6) is 1.40. The van der Waals surface area contributed by atoms with Gasteiger partial charge in [-0.1, -0.05) is 0 Å². The van der Waals surface area contributed by atoms with Gasteiger partial charge >= 0.3 is 0 Å². The highest BCUT2D eigenvalue weighted by atomic mass is 16.5. The molecule has 0 aliphatic rings. The minimum Gasteiger partial charge on any atom is -0.493 e. The van der Waals surface area contributed by atoms with E-state index in [1.807, 2.05) is 37.3 Å². The van der Waals surface area contributed by atoms with Crippen molar-refractivity contribution in [1.82, 2.24) is 4.98 Å². The average molecular weight is 244 g/mol. The molecule has 2 rings (SSSR count). The fourth-order valence-electron chi connectivity index (χ4n) is 1.75. The summed E-state index contributed by atoms with van der Waals surface area (Å²) in [5.41, 5.74) is 8.21. The van der Waals surface area contributed by atoms with Gasteiger partial charge < -0.3 is 15.2 Å². The SMILES string of the molecule is CCOc1ccc(-c2ncccc2N)cc1OC. The van der Waals surface area contributed by atoms with Crippen molar-refractivity contribution in [2.24, 2.45) is 0 Å². The van der Waals surface area contributed by atoms with Crippen LogP contribution >= 0.6 is 0 Å². The molecule has 0 amide bonds. The van der Waals surface area contributed by atoms with Crippen LogP contribution in [0.2, 0.25) is 0 Å². The lowest BCUT2D eigenvalue weighted by Crippen LogP contribution is -1.97. The molecule has 4 heteroatoms. The summed E-state index contributed by atoms with van der Waals surface area (Å²) in [6.07, 6.45) is 1.72. The summed E-state index contributed by atoms with van der Waals surface area (Å²) in [6, 6.07) is 9.30. The predicted octanol–water partition coefficient (Wildman–Crippen LogP) is 2.74. The Bertz CT molecular complexity index is 541. The van der Waals surface area contributed by atoms with Crippen LogP contribution in [0.4, 0.5) is 5.69 Å². The van der Waals surface area contributed by atoms with E-state index in [9.17, 15) is 0 Å². The van der Waals surface area contributed by atoms with Crippen molar-refractivity contribution in [1.29, 1.82) is 0 Å². The first-order chi connectivity index (χ1) is 8.76. The van der Waals surface area contributed by atoms with Gasteiger partial charge in [0.2, 0.25) is 0 Å². The van der Waals surface area contributed by atoms with Crippen LogP contribution in [-0.4, -0.2) is 18.7 Å². The van der Waals surface area contributed by atoms with E-state index in [0.717, 1.165) is 17.0 Å². The van der Waals surface area contributed by atoms with E-state index >= 15 is 0 Å². The number of anilines is 1. The Hall–Kier alpha value is -2.23. The van der Waals surface area contributed by atoms with Gasteiger partial charge in [0.15, 0.2) is 11.5 Å². The van der Waals surface area contributed by atoms with Crippen LogP contribution in [0.25, 0.3) is 11.3 Å². The summed E-state index contributed by atoms with van der Waals surface area (Å²) in [4.78, 5) is 4.28. The summed E-state index contributed by atoms with van der Waals surface area (Å²) < 4.78 is 10.8. The first-order valence-corrected chi connectivity index (χ1v) is 5.78. The number of nitrogen functional groups attached to an aromatic ring is 1. The third-order valence-electron chi connectivity index (χ3n) is 2.58. The normalized spacial score (nSPS) is 10.1. The third kappa shape index (κ3) is 2.37. The highest BCUT2D eigenvalue weighted by Crippen LogP contribution is 2.33. The van der Waals surface area contributed by atoms with Gasteiger partial charge in [-0.3, -0.25) is 4.98 Å². The number of pyridine rings is 1. The van der Waals surface area contributed by atoms with Crippen molar-refractivity contribution in [3.8, 4) is 22.8 Å². The Morgan fingerprint density at radius 2 is 2.06 bits per heavy atom. The monoisotopic (exact) mass is 244 g/mol. The lowest BCUT2D eigenvalue weighted by molar-refractivity contribution is 0.311. The standard InChI is InChI=1S/C14H16N2O2/c1-3-18-12-7-6-10(9-13(12)17-2)14-11(15)5-4-8-16-14/h4-9H,3,15H2,1-2H3. The third-order valence-corrected chi connectivity index (χ3v) is 2.58. The van der Waals surface area contributed by atoms with Crippen LogP contribution < -0.4 is 15.2 Å². The van der Waals surface area contributed by atoms with Gasteiger partial charge in [0.05, 0.1) is 25.1 Å². The summed E-state index contributed by atoms with van der Waals surface area (Å²) >= 11 is 0. The molecule has 0 radical (unpaired) electrons. The molecular weight excluding hydrogens is 228 g/mol. The number of nitrogens with two attached hydrogens (primary N) is 1. The minimum absolute atomic E-state index is 0.599. The molecule has 0 aliphatic heterocycles. The molecule has 1 aromatic heterocycles. The van der Waals surface area contributed by atoms with Gasteiger partial charge in [-0.05, 0) is 37.3 Å². The first kappa shape index (κ1) is 12.2. The lowest BCUT2D eigenvalue weighted by Gasteiger charge is -2.11. The zero-order valence-corrected chi connectivity index (χ0v) is 10.5. The van der Waals surface area contributed by atoms with E-state index in [1.165, 1.54) is 0 Å². The van der Waals surface area contributed by atoms with Crippen LogP contribution in [0.3, 0.4) is 0 Å². The topological polar surface area (TPSA) is 57.4 Å². The predicted molar refractivity (Wildman–Crippen MR) is 71.8 cm³/mol. The van der Waals surface area contributed by atoms with Gasteiger partial charge in [0, 0.05) is 11.8 Å². The smallest absolute Gasteiger partial charge is 0.161 e. The Labute approximate surface area is 106 Å². The summed E-state index contributed by atoms with van der Waals surface area (Å²) in [6.45, 7) is 2.53. The zero-order valence-electron chi connectivity index (χ0n) is 10.5. The Balaban J connectivity index is 2.44. The highest BCUT2D eigenvalue weighted by molar-refractivity contribution is 5.74. The fraction of sp³-hybridized carbons (Fsp3) is 0.214. The van der Waals surface area contributed by atoms with E-state index in [1.54, 1.807) is 13.3 Å². The molecule has 0 bridgehead atoms. The van der Waals surface area contributed by atoms with Crippen LogP contribution in [-0.2, 0) is 0 Å². The summed E-state index contributed by atoms with van der Waals surface area (Å²) in [5, 5.41) is 0. The second-order valence-electron chi connectivity index (χ2n) is 3.74. The molecule has 0 unspecified atom stereocenters. The van der Waals surface area contributed by atoms with Crippen molar-refractivity contribution in [2.45, 2.75) is 6.92 Å². The van der Waals surface area contributed by atoms with Crippen LogP contribution in [0.1, 0.15) is 6.92 Å². The van der Waals surface area contributed by atoms with E-state index in [-0.39, 0.29) is 0 Å². The molecule has 0 saturated carbocycles. The number of aromatic nitrogens is 1. The molecule has 0 atom stereocenters. The fourth-order valence-corrected chi connectivity index (χ4v) is 1.75. The maximum Gasteiger partial charge on any atom is 0.161 e. The largest absolute Gasteiger partial charge is 0.493 e.